The number of amides is 1. The second kappa shape index (κ2) is 4.13. The van der Waals surface area contributed by atoms with Crippen LogP contribution in [0.5, 0.6) is 0 Å². The van der Waals surface area contributed by atoms with Gasteiger partial charge in [-0.15, -0.1) is 0 Å². The molecule has 1 fully saturated rings. The van der Waals surface area contributed by atoms with E-state index in [0.717, 1.165) is 18.5 Å². The quantitative estimate of drug-likeness (QED) is 0.559. The number of carbonyl (C=O) groups excluding carboxylic acids is 1. The zero-order chi connectivity index (χ0) is 10.7. The lowest BCUT2D eigenvalue weighted by molar-refractivity contribution is -0.120. The monoisotopic (exact) mass is 203 g/mol. The fraction of sp³-hybridized carbons (Fsp3) is 0.273. The molecule has 2 rings (SSSR count). The summed E-state index contributed by atoms with van der Waals surface area (Å²) in [5.74, 6) is 0.291. The third kappa shape index (κ3) is 2.80. The van der Waals surface area contributed by atoms with Crippen molar-refractivity contribution in [1.82, 2.24) is 5.32 Å². The maximum atomic E-state index is 11.3. The molecule has 1 saturated carbocycles. The van der Waals surface area contributed by atoms with Gasteiger partial charge in [0.05, 0.1) is 5.69 Å². The van der Waals surface area contributed by atoms with Crippen LogP contribution < -0.4 is 11.1 Å². The first-order chi connectivity index (χ1) is 7.25. The number of carbonyl (C=O) groups is 1. The summed E-state index contributed by atoms with van der Waals surface area (Å²) in [5.41, 5.74) is 6.33. The molecular formula is C11H13N3O. The molecule has 1 aromatic carbocycles. The lowest BCUT2D eigenvalue weighted by Gasteiger charge is -2.02. The van der Waals surface area contributed by atoms with E-state index in [1.165, 1.54) is 0 Å². The summed E-state index contributed by atoms with van der Waals surface area (Å²) in [4.78, 5) is 15.4. The van der Waals surface area contributed by atoms with Gasteiger partial charge >= 0.3 is 0 Å². The van der Waals surface area contributed by atoms with Crippen molar-refractivity contribution < 1.29 is 4.79 Å². The van der Waals surface area contributed by atoms with Crippen LogP contribution in [-0.4, -0.2) is 11.9 Å². The van der Waals surface area contributed by atoms with Crippen LogP contribution in [0.4, 0.5) is 5.69 Å². The number of aliphatic imine (C=N–C) groups is 1. The largest absolute Gasteiger partial charge is 0.369 e. The van der Waals surface area contributed by atoms with E-state index in [1.807, 2.05) is 30.3 Å². The van der Waals surface area contributed by atoms with E-state index in [-0.39, 0.29) is 17.8 Å². The summed E-state index contributed by atoms with van der Waals surface area (Å²) in [6.45, 7) is 0. The number of benzene rings is 1. The van der Waals surface area contributed by atoms with Gasteiger partial charge in [-0.3, -0.25) is 10.1 Å². The Balaban J connectivity index is 1.97. The van der Waals surface area contributed by atoms with E-state index >= 15 is 0 Å². The fourth-order valence-corrected chi connectivity index (χ4v) is 1.24. The van der Waals surface area contributed by atoms with E-state index in [9.17, 15) is 4.79 Å². The maximum absolute atomic E-state index is 11.3. The van der Waals surface area contributed by atoms with Gasteiger partial charge in [0.1, 0.15) is 0 Å². The van der Waals surface area contributed by atoms with E-state index < -0.39 is 0 Å². The van der Waals surface area contributed by atoms with Crippen molar-refractivity contribution in [3.05, 3.63) is 30.3 Å². The fourth-order valence-electron chi connectivity index (χ4n) is 1.24. The zero-order valence-corrected chi connectivity index (χ0v) is 8.31. The SMILES string of the molecule is NC(=Nc1ccccc1)NC(=O)C1CC1. The van der Waals surface area contributed by atoms with E-state index in [2.05, 4.69) is 10.3 Å². The maximum Gasteiger partial charge on any atom is 0.229 e. The molecule has 4 nitrogen and oxygen atoms in total. The van der Waals surface area contributed by atoms with Crippen LogP contribution in [0.3, 0.4) is 0 Å². The van der Waals surface area contributed by atoms with Crippen LogP contribution in [-0.2, 0) is 4.79 Å². The molecule has 1 aliphatic carbocycles. The highest BCUT2D eigenvalue weighted by Crippen LogP contribution is 2.28. The van der Waals surface area contributed by atoms with Crippen molar-refractivity contribution >= 4 is 17.6 Å². The molecule has 0 heterocycles. The average Bonchev–Trinajstić information content (AvgIpc) is 3.01. The Bertz CT molecular complexity index is 382. The van der Waals surface area contributed by atoms with Crippen molar-refractivity contribution in [3.63, 3.8) is 0 Å². The highest BCUT2D eigenvalue weighted by molar-refractivity contribution is 5.98. The smallest absolute Gasteiger partial charge is 0.229 e. The van der Waals surface area contributed by atoms with Gasteiger partial charge in [0, 0.05) is 5.92 Å². The van der Waals surface area contributed by atoms with Gasteiger partial charge < -0.3 is 5.73 Å². The molecule has 15 heavy (non-hydrogen) atoms. The summed E-state index contributed by atoms with van der Waals surface area (Å²) in [5, 5.41) is 2.58. The van der Waals surface area contributed by atoms with Crippen LogP contribution >= 0.6 is 0 Å². The molecule has 1 aliphatic rings. The first-order valence-corrected chi connectivity index (χ1v) is 4.96. The molecule has 0 unspecified atom stereocenters. The van der Waals surface area contributed by atoms with Crippen molar-refractivity contribution in [2.75, 3.05) is 0 Å². The van der Waals surface area contributed by atoms with E-state index in [1.54, 1.807) is 0 Å². The average molecular weight is 203 g/mol. The number of nitrogens with one attached hydrogen (secondary N) is 1. The van der Waals surface area contributed by atoms with Crippen molar-refractivity contribution in [2.24, 2.45) is 16.6 Å². The van der Waals surface area contributed by atoms with Gasteiger partial charge in [0.15, 0.2) is 0 Å². The number of hydrogen-bond donors (Lipinski definition) is 2. The number of guanidine groups is 1. The molecule has 3 N–H and O–H groups in total. The van der Waals surface area contributed by atoms with Crippen LogP contribution in [0, 0.1) is 5.92 Å². The van der Waals surface area contributed by atoms with Gasteiger partial charge in [-0.1, -0.05) is 18.2 Å². The zero-order valence-electron chi connectivity index (χ0n) is 8.31. The minimum Gasteiger partial charge on any atom is -0.369 e. The molecule has 0 atom stereocenters. The Morgan fingerprint density at radius 2 is 2.00 bits per heavy atom. The van der Waals surface area contributed by atoms with Gasteiger partial charge in [-0.05, 0) is 25.0 Å². The van der Waals surface area contributed by atoms with Crippen molar-refractivity contribution in [3.8, 4) is 0 Å². The van der Waals surface area contributed by atoms with Crippen molar-refractivity contribution in [1.29, 1.82) is 0 Å². The molecular weight excluding hydrogens is 190 g/mol. The number of para-hydroxylation sites is 1. The summed E-state index contributed by atoms with van der Waals surface area (Å²) < 4.78 is 0. The highest BCUT2D eigenvalue weighted by Gasteiger charge is 2.29. The van der Waals surface area contributed by atoms with Crippen LogP contribution in [0.25, 0.3) is 0 Å². The Morgan fingerprint density at radius 1 is 1.33 bits per heavy atom. The number of hydrogen-bond acceptors (Lipinski definition) is 2. The standard InChI is InChI=1S/C11H13N3O/c12-11(14-10(15)8-6-7-8)13-9-4-2-1-3-5-9/h1-5,8H,6-7H2,(H3,12,13,14,15). The molecule has 0 aromatic heterocycles. The molecule has 1 amide bonds. The lowest BCUT2D eigenvalue weighted by Crippen LogP contribution is -2.37. The molecule has 1 aromatic rings. The van der Waals surface area contributed by atoms with E-state index in [0.29, 0.717) is 0 Å². The summed E-state index contributed by atoms with van der Waals surface area (Å²) >= 11 is 0. The second-order valence-corrected chi connectivity index (χ2v) is 3.60. The van der Waals surface area contributed by atoms with Gasteiger partial charge in [0.25, 0.3) is 0 Å². The summed E-state index contributed by atoms with van der Waals surface area (Å²) in [6, 6.07) is 9.30. The highest BCUT2D eigenvalue weighted by atomic mass is 16.2. The third-order valence-corrected chi connectivity index (χ3v) is 2.21. The lowest BCUT2D eigenvalue weighted by atomic mass is 10.3. The van der Waals surface area contributed by atoms with Gasteiger partial charge in [0.2, 0.25) is 11.9 Å². The number of rotatable bonds is 2. The molecule has 78 valence electrons. The normalized spacial score (nSPS) is 16.1. The predicted molar refractivity (Wildman–Crippen MR) is 58.6 cm³/mol. The molecule has 0 saturated heterocycles. The number of nitrogens with two attached hydrogens (primary N) is 1. The Kier molecular flexibility index (Phi) is 2.67. The molecule has 0 spiro atoms. The number of nitrogens with zero attached hydrogens (tertiary/aromatic N) is 1. The first-order valence-electron chi connectivity index (χ1n) is 4.96. The van der Waals surface area contributed by atoms with Crippen LogP contribution in [0.15, 0.2) is 35.3 Å². The van der Waals surface area contributed by atoms with Gasteiger partial charge in [-0.2, -0.15) is 0 Å². The van der Waals surface area contributed by atoms with Gasteiger partial charge in [-0.25, -0.2) is 4.99 Å². The second-order valence-electron chi connectivity index (χ2n) is 3.60. The topological polar surface area (TPSA) is 67.5 Å². The minimum absolute atomic E-state index is 0.0211. The summed E-state index contributed by atoms with van der Waals surface area (Å²) in [7, 11) is 0. The Labute approximate surface area is 88.2 Å². The first kappa shape index (κ1) is 9.71. The Hall–Kier alpha value is -1.84. The van der Waals surface area contributed by atoms with Crippen LogP contribution in [0.1, 0.15) is 12.8 Å². The molecule has 4 heteroatoms. The van der Waals surface area contributed by atoms with Crippen LogP contribution in [0.2, 0.25) is 0 Å². The summed E-state index contributed by atoms with van der Waals surface area (Å²) in [6.07, 6.45) is 1.93. The van der Waals surface area contributed by atoms with Crippen molar-refractivity contribution in [2.45, 2.75) is 12.8 Å². The third-order valence-electron chi connectivity index (χ3n) is 2.21. The molecule has 0 radical (unpaired) electrons. The minimum atomic E-state index is -0.0211. The Morgan fingerprint density at radius 3 is 2.60 bits per heavy atom. The van der Waals surface area contributed by atoms with E-state index in [4.69, 9.17) is 5.73 Å². The molecule has 0 aliphatic heterocycles. The predicted octanol–water partition coefficient (Wildman–Crippen LogP) is 1.16. The molecule has 0 bridgehead atoms.